The van der Waals surface area contributed by atoms with Crippen LogP contribution in [-0.4, -0.2) is 16.2 Å². The highest BCUT2D eigenvalue weighted by Gasteiger charge is 2.20. The van der Waals surface area contributed by atoms with Crippen LogP contribution in [0.5, 0.6) is 5.75 Å². The van der Waals surface area contributed by atoms with Gasteiger partial charge in [0, 0.05) is 18.8 Å². The zero-order valence-corrected chi connectivity index (χ0v) is 10.5. The molecule has 0 radical (unpaired) electrons. The number of hydrogen-bond donors (Lipinski definition) is 1. The summed E-state index contributed by atoms with van der Waals surface area (Å²) in [6.07, 6.45) is 5.87. The van der Waals surface area contributed by atoms with E-state index >= 15 is 0 Å². The van der Waals surface area contributed by atoms with E-state index in [1.165, 1.54) is 5.56 Å². The number of ether oxygens (including phenoxy) is 1. The minimum Gasteiger partial charge on any atom is -0.493 e. The van der Waals surface area contributed by atoms with Crippen LogP contribution in [0.3, 0.4) is 0 Å². The van der Waals surface area contributed by atoms with Crippen LogP contribution in [-0.2, 0) is 13.5 Å². The molecule has 4 heteroatoms. The third-order valence-corrected chi connectivity index (χ3v) is 3.34. The first kappa shape index (κ1) is 11.3. The summed E-state index contributed by atoms with van der Waals surface area (Å²) in [7, 11) is 1.94. The van der Waals surface area contributed by atoms with Crippen molar-refractivity contribution >= 4 is 0 Å². The summed E-state index contributed by atoms with van der Waals surface area (Å²) in [5.41, 5.74) is 9.46. The topological polar surface area (TPSA) is 53.1 Å². The van der Waals surface area contributed by atoms with Gasteiger partial charge in [0.25, 0.3) is 0 Å². The number of hydrogen-bond acceptors (Lipinski definition) is 3. The Kier molecular flexibility index (Phi) is 2.80. The summed E-state index contributed by atoms with van der Waals surface area (Å²) < 4.78 is 7.70. The maximum atomic E-state index is 6.30. The maximum absolute atomic E-state index is 6.30. The van der Waals surface area contributed by atoms with Gasteiger partial charge in [0.1, 0.15) is 5.75 Å². The number of imidazole rings is 1. The smallest absolute Gasteiger partial charge is 0.127 e. The van der Waals surface area contributed by atoms with E-state index in [9.17, 15) is 0 Å². The molecular weight excluding hydrogens is 226 g/mol. The quantitative estimate of drug-likeness (QED) is 0.875. The Hall–Kier alpha value is -1.81. The van der Waals surface area contributed by atoms with E-state index in [0.29, 0.717) is 0 Å². The van der Waals surface area contributed by atoms with Gasteiger partial charge in [-0.15, -0.1) is 0 Å². The van der Waals surface area contributed by atoms with Crippen molar-refractivity contribution in [2.24, 2.45) is 12.8 Å². The van der Waals surface area contributed by atoms with E-state index in [2.05, 4.69) is 11.1 Å². The number of nitrogens with two attached hydrogens (primary N) is 1. The molecule has 0 bridgehead atoms. The number of aromatic nitrogens is 2. The van der Waals surface area contributed by atoms with Gasteiger partial charge in [-0.05, 0) is 18.4 Å². The SMILES string of the molecule is Cn1cnc(C(N)c2cccc3c2OCCC3)c1. The van der Waals surface area contributed by atoms with E-state index in [-0.39, 0.29) is 6.04 Å². The van der Waals surface area contributed by atoms with Gasteiger partial charge in [0.15, 0.2) is 0 Å². The number of aryl methyl sites for hydroxylation is 2. The van der Waals surface area contributed by atoms with Crippen molar-refractivity contribution < 1.29 is 4.74 Å². The van der Waals surface area contributed by atoms with Crippen LogP contribution >= 0.6 is 0 Å². The molecule has 2 heterocycles. The molecule has 4 nitrogen and oxygen atoms in total. The third kappa shape index (κ3) is 1.88. The van der Waals surface area contributed by atoms with Crippen LogP contribution in [0.1, 0.15) is 29.3 Å². The Labute approximate surface area is 106 Å². The van der Waals surface area contributed by atoms with E-state index in [1.54, 1.807) is 6.33 Å². The summed E-state index contributed by atoms with van der Waals surface area (Å²) in [6.45, 7) is 0.777. The molecule has 1 atom stereocenters. The second kappa shape index (κ2) is 4.46. The monoisotopic (exact) mass is 243 g/mol. The molecule has 1 unspecified atom stereocenters. The van der Waals surface area contributed by atoms with Crippen molar-refractivity contribution in [3.63, 3.8) is 0 Å². The van der Waals surface area contributed by atoms with Crippen molar-refractivity contribution in [1.29, 1.82) is 0 Å². The highest BCUT2D eigenvalue weighted by Crippen LogP contribution is 2.33. The van der Waals surface area contributed by atoms with Crippen LogP contribution in [0.2, 0.25) is 0 Å². The molecule has 0 saturated heterocycles. The molecule has 0 amide bonds. The molecule has 94 valence electrons. The van der Waals surface area contributed by atoms with Crippen molar-refractivity contribution in [2.75, 3.05) is 6.61 Å². The van der Waals surface area contributed by atoms with Crippen LogP contribution < -0.4 is 10.5 Å². The third-order valence-electron chi connectivity index (χ3n) is 3.34. The number of benzene rings is 1. The first-order chi connectivity index (χ1) is 8.75. The summed E-state index contributed by atoms with van der Waals surface area (Å²) in [6, 6.07) is 5.97. The van der Waals surface area contributed by atoms with Crippen LogP contribution in [0, 0.1) is 0 Å². The number of fused-ring (bicyclic) bond motifs is 1. The molecule has 2 aromatic rings. The number of para-hydroxylation sites is 1. The van der Waals surface area contributed by atoms with Crippen LogP contribution in [0.15, 0.2) is 30.7 Å². The summed E-state index contributed by atoms with van der Waals surface area (Å²) in [5, 5.41) is 0. The second-order valence-electron chi connectivity index (χ2n) is 4.73. The first-order valence-electron chi connectivity index (χ1n) is 6.24. The maximum Gasteiger partial charge on any atom is 0.127 e. The molecule has 0 spiro atoms. The largest absolute Gasteiger partial charge is 0.493 e. The zero-order valence-electron chi connectivity index (χ0n) is 10.5. The lowest BCUT2D eigenvalue weighted by molar-refractivity contribution is 0.284. The Morgan fingerprint density at radius 1 is 1.44 bits per heavy atom. The molecule has 1 aliphatic rings. The molecule has 0 fully saturated rings. The van der Waals surface area contributed by atoms with Gasteiger partial charge in [-0.1, -0.05) is 18.2 Å². The van der Waals surface area contributed by atoms with Crippen molar-refractivity contribution in [1.82, 2.24) is 9.55 Å². The fourth-order valence-corrected chi connectivity index (χ4v) is 2.41. The van der Waals surface area contributed by atoms with Crippen molar-refractivity contribution in [3.8, 4) is 5.75 Å². The van der Waals surface area contributed by atoms with Gasteiger partial charge in [0.2, 0.25) is 0 Å². The van der Waals surface area contributed by atoms with Crippen LogP contribution in [0.25, 0.3) is 0 Å². The lowest BCUT2D eigenvalue weighted by Gasteiger charge is -2.22. The Morgan fingerprint density at radius 3 is 3.11 bits per heavy atom. The Balaban J connectivity index is 2.01. The molecular formula is C14H17N3O. The van der Waals surface area contributed by atoms with Gasteiger partial charge in [-0.2, -0.15) is 0 Å². The average molecular weight is 243 g/mol. The highest BCUT2D eigenvalue weighted by molar-refractivity contribution is 5.46. The summed E-state index contributed by atoms with van der Waals surface area (Å²) >= 11 is 0. The molecule has 0 aliphatic carbocycles. The van der Waals surface area contributed by atoms with E-state index in [1.807, 2.05) is 29.9 Å². The molecule has 2 N–H and O–H groups in total. The first-order valence-corrected chi connectivity index (χ1v) is 6.24. The molecule has 1 aliphatic heterocycles. The molecule has 1 aromatic carbocycles. The molecule has 0 saturated carbocycles. The number of rotatable bonds is 2. The van der Waals surface area contributed by atoms with Crippen molar-refractivity contribution in [2.45, 2.75) is 18.9 Å². The lowest BCUT2D eigenvalue weighted by atomic mass is 9.97. The highest BCUT2D eigenvalue weighted by atomic mass is 16.5. The average Bonchev–Trinajstić information content (AvgIpc) is 2.84. The minimum atomic E-state index is -0.223. The summed E-state index contributed by atoms with van der Waals surface area (Å²) in [5.74, 6) is 0.960. The number of nitrogens with zero attached hydrogens (tertiary/aromatic N) is 2. The standard InChI is InChI=1S/C14H17N3O/c1-17-8-12(16-9-17)13(15)11-6-2-4-10-5-3-7-18-14(10)11/h2,4,6,8-9,13H,3,5,7,15H2,1H3. The predicted molar refractivity (Wildman–Crippen MR) is 69.5 cm³/mol. The normalized spacial score (nSPS) is 15.9. The van der Waals surface area contributed by atoms with Gasteiger partial charge in [0.05, 0.1) is 24.7 Å². The van der Waals surface area contributed by atoms with Gasteiger partial charge in [-0.25, -0.2) is 4.98 Å². The van der Waals surface area contributed by atoms with Crippen LogP contribution in [0.4, 0.5) is 0 Å². The van der Waals surface area contributed by atoms with Crippen molar-refractivity contribution in [3.05, 3.63) is 47.5 Å². The lowest BCUT2D eigenvalue weighted by Crippen LogP contribution is -2.17. The van der Waals surface area contributed by atoms with E-state index in [0.717, 1.165) is 36.5 Å². The minimum absolute atomic E-state index is 0.223. The molecule has 1 aromatic heterocycles. The Morgan fingerprint density at radius 2 is 2.33 bits per heavy atom. The molecule has 18 heavy (non-hydrogen) atoms. The van der Waals surface area contributed by atoms with Gasteiger partial charge >= 0.3 is 0 Å². The molecule has 3 rings (SSSR count). The summed E-state index contributed by atoms with van der Waals surface area (Å²) in [4.78, 5) is 4.32. The predicted octanol–water partition coefficient (Wildman–Crippen LogP) is 1.79. The fourth-order valence-electron chi connectivity index (χ4n) is 2.41. The fraction of sp³-hybridized carbons (Fsp3) is 0.357. The zero-order chi connectivity index (χ0) is 12.5. The van der Waals surface area contributed by atoms with E-state index < -0.39 is 0 Å². The second-order valence-corrected chi connectivity index (χ2v) is 4.73. The van der Waals surface area contributed by atoms with Gasteiger partial charge < -0.3 is 15.0 Å². The van der Waals surface area contributed by atoms with Gasteiger partial charge in [-0.3, -0.25) is 0 Å². The Bertz CT molecular complexity index is 562. The van der Waals surface area contributed by atoms with E-state index in [4.69, 9.17) is 10.5 Å².